The van der Waals surface area contributed by atoms with Crippen LogP contribution in [0, 0.1) is 0 Å². The lowest BCUT2D eigenvalue weighted by molar-refractivity contribution is -0.139. The van der Waals surface area contributed by atoms with Gasteiger partial charge in [0.25, 0.3) is 0 Å². The fourth-order valence-electron chi connectivity index (χ4n) is 3.24. The van der Waals surface area contributed by atoms with Gasteiger partial charge in [0, 0.05) is 13.1 Å². The van der Waals surface area contributed by atoms with Crippen LogP contribution in [0.2, 0.25) is 0 Å². The first-order valence-corrected chi connectivity index (χ1v) is 10.5. The number of Topliss-reactive ketones (excluding diaryl/α,β-unsaturated/α-hetero) is 1. The van der Waals surface area contributed by atoms with E-state index in [1.165, 1.54) is 19.1 Å². The van der Waals surface area contributed by atoms with Crippen molar-refractivity contribution in [1.29, 1.82) is 0 Å². The van der Waals surface area contributed by atoms with E-state index in [2.05, 4.69) is 4.72 Å². The van der Waals surface area contributed by atoms with Crippen molar-refractivity contribution in [3.63, 3.8) is 0 Å². The number of ether oxygens (including phenoxy) is 1. The minimum atomic E-state index is -3.84. The second kappa shape index (κ2) is 8.73. The van der Waals surface area contributed by atoms with Crippen molar-refractivity contribution in [2.45, 2.75) is 31.0 Å². The van der Waals surface area contributed by atoms with E-state index in [9.17, 15) is 18.0 Å². The van der Waals surface area contributed by atoms with Gasteiger partial charge in [0.1, 0.15) is 11.9 Å². The summed E-state index contributed by atoms with van der Waals surface area (Å²) in [7, 11) is -3.84. The molecule has 0 fully saturated rings. The van der Waals surface area contributed by atoms with E-state index in [4.69, 9.17) is 9.84 Å². The summed E-state index contributed by atoms with van der Waals surface area (Å²) < 4.78 is 33.0. The zero-order valence-electron chi connectivity index (χ0n) is 15.9. The van der Waals surface area contributed by atoms with Gasteiger partial charge >= 0.3 is 5.97 Å². The molecule has 3 rings (SSSR count). The predicted octanol–water partition coefficient (Wildman–Crippen LogP) is 1.40. The number of nitrogens with one attached hydrogen (secondary N) is 1. The van der Waals surface area contributed by atoms with Gasteiger partial charge in [-0.3, -0.25) is 9.69 Å². The van der Waals surface area contributed by atoms with Gasteiger partial charge in [-0.2, -0.15) is 4.72 Å². The highest BCUT2D eigenvalue weighted by atomic mass is 32.2. The van der Waals surface area contributed by atoms with Crippen LogP contribution in [-0.4, -0.2) is 49.5 Å². The van der Waals surface area contributed by atoms with Crippen molar-refractivity contribution in [3.8, 4) is 5.75 Å². The Morgan fingerprint density at radius 2 is 1.90 bits per heavy atom. The Kier molecular flexibility index (Phi) is 6.31. The molecular formula is C20H22N2O6S. The van der Waals surface area contributed by atoms with Crippen LogP contribution in [0.4, 0.5) is 0 Å². The lowest BCUT2D eigenvalue weighted by Crippen LogP contribution is -2.53. The number of sulfonamides is 1. The molecule has 0 spiro atoms. The minimum absolute atomic E-state index is 0.101. The van der Waals surface area contributed by atoms with Crippen molar-refractivity contribution in [3.05, 3.63) is 59.7 Å². The first-order chi connectivity index (χ1) is 13.8. The molecule has 0 aliphatic carbocycles. The second-order valence-corrected chi connectivity index (χ2v) is 8.49. The number of fused-ring (bicyclic) bond motifs is 1. The van der Waals surface area contributed by atoms with Crippen molar-refractivity contribution in [1.82, 2.24) is 9.62 Å². The lowest BCUT2D eigenvalue weighted by Gasteiger charge is -2.34. The molecule has 8 nitrogen and oxygen atoms in total. The lowest BCUT2D eigenvalue weighted by atomic mass is 9.99. The first kappa shape index (κ1) is 21.0. The highest BCUT2D eigenvalue weighted by molar-refractivity contribution is 7.89. The van der Waals surface area contributed by atoms with Gasteiger partial charge in [0.15, 0.2) is 12.4 Å². The highest BCUT2D eigenvalue weighted by Gasteiger charge is 2.31. The number of aliphatic carboxylic acids is 1. The molecule has 2 aromatic carbocycles. The monoisotopic (exact) mass is 418 g/mol. The fraction of sp³-hybridized carbons (Fsp3) is 0.300. The molecule has 0 bridgehead atoms. The highest BCUT2D eigenvalue weighted by Crippen LogP contribution is 2.25. The number of hydrogen-bond acceptors (Lipinski definition) is 6. The summed E-state index contributed by atoms with van der Waals surface area (Å²) in [5, 5.41) is 8.72. The van der Waals surface area contributed by atoms with Crippen LogP contribution >= 0.6 is 0 Å². The normalized spacial score (nSPS) is 15.3. The third-order valence-corrected chi connectivity index (χ3v) is 6.08. The average Bonchev–Trinajstić information content (AvgIpc) is 2.70. The van der Waals surface area contributed by atoms with E-state index in [-0.39, 0.29) is 10.7 Å². The minimum Gasteiger partial charge on any atom is -0.482 e. The van der Waals surface area contributed by atoms with Crippen LogP contribution < -0.4 is 9.46 Å². The molecule has 2 aromatic rings. The standard InChI is InChI=1S/C20H22N2O6S/c1-14(23)20(21-29(26,27)18-5-3-2-4-6-18)22-10-9-15-11-17(28-13-19(24)25)8-7-16(15)12-22/h2-8,11,20-21H,9-10,12-13H2,1H3,(H,24,25). The maximum atomic E-state index is 12.7. The molecule has 0 amide bonds. The number of ketones is 1. The molecule has 1 heterocycles. The molecule has 2 N–H and O–H groups in total. The Morgan fingerprint density at radius 1 is 1.17 bits per heavy atom. The molecule has 1 unspecified atom stereocenters. The van der Waals surface area contributed by atoms with E-state index in [0.29, 0.717) is 25.3 Å². The Morgan fingerprint density at radius 3 is 2.55 bits per heavy atom. The third-order valence-electron chi connectivity index (χ3n) is 4.65. The van der Waals surface area contributed by atoms with E-state index >= 15 is 0 Å². The third kappa shape index (κ3) is 5.20. The number of carbonyl (C=O) groups excluding carboxylic acids is 1. The zero-order chi connectivity index (χ0) is 21.0. The zero-order valence-corrected chi connectivity index (χ0v) is 16.7. The molecular weight excluding hydrogens is 396 g/mol. The van der Waals surface area contributed by atoms with E-state index in [1.54, 1.807) is 35.2 Å². The number of benzene rings is 2. The summed E-state index contributed by atoms with van der Waals surface area (Å²) in [6.07, 6.45) is -0.396. The topological polar surface area (TPSA) is 113 Å². The Balaban J connectivity index is 1.76. The summed E-state index contributed by atoms with van der Waals surface area (Å²) >= 11 is 0. The van der Waals surface area contributed by atoms with E-state index in [1.807, 2.05) is 6.07 Å². The molecule has 0 radical (unpaired) electrons. The number of hydrogen-bond donors (Lipinski definition) is 2. The summed E-state index contributed by atoms with van der Waals surface area (Å²) in [4.78, 5) is 24.7. The van der Waals surface area contributed by atoms with Crippen molar-refractivity contribution < 1.29 is 27.9 Å². The van der Waals surface area contributed by atoms with Gasteiger partial charge in [0.05, 0.1) is 4.90 Å². The number of nitrogens with zero attached hydrogens (tertiary/aromatic N) is 1. The van der Waals surface area contributed by atoms with Crippen LogP contribution in [0.15, 0.2) is 53.4 Å². The van der Waals surface area contributed by atoms with Gasteiger partial charge in [0.2, 0.25) is 10.0 Å². The maximum absolute atomic E-state index is 12.7. The summed E-state index contributed by atoms with van der Waals surface area (Å²) in [6, 6.07) is 13.2. The van der Waals surface area contributed by atoms with Gasteiger partial charge in [-0.1, -0.05) is 24.3 Å². The fourth-order valence-corrected chi connectivity index (χ4v) is 4.50. The van der Waals surface area contributed by atoms with Crippen LogP contribution in [0.25, 0.3) is 0 Å². The summed E-state index contributed by atoms with van der Waals surface area (Å²) in [5.74, 6) is -0.884. The molecule has 29 heavy (non-hydrogen) atoms. The van der Waals surface area contributed by atoms with E-state index < -0.39 is 28.8 Å². The van der Waals surface area contributed by atoms with Crippen LogP contribution in [0.1, 0.15) is 18.1 Å². The summed E-state index contributed by atoms with van der Waals surface area (Å²) in [6.45, 7) is 1.79. The molecule has 154 valence electrons. The quantitative estimate of drug-likeness (QED) is 0.666. The second-order valence-electron chi connectivity index (χ2n) is 6.78. The Labute approximate surface area is 169 Å². The van der Waals surface area contributed by atoms with Gasteiger partial charge in [-0.05, 0) is 48.7 Å². The summed E-state index contributed by atoms with van der Waals surface area (Å²) in [5.41, 5.74) is 1.92. The molecule has 0 saturated carbocycles. The van der Waals surface area contributed by atoms with Crippen LogP contribution in [0.5, 0.6) is 5.75 Å². The van der Waals surface area contributed by atoms with Crippen LogP contribution in [0.3, 0.4) is 0 Å². The first-order valence-electron chi connectivity index (χ1n) is 9.04. The Hall–Kier alpha value is -2.75. The molecule has 1 aliphatic heterocycles. The molecule has 9 heteroatoms. The maximum Gasteiger partial charge on any atom is 0.341 e. The predicted molar refractivity (Wildman–Crippen MR) is 105 cm³/mol. The van der Waals surface area contributed by atoms with Gasteiger partial charge in [-0.15, -0.1) is 0 Å². The smallest absolute Gasteiger partial charge is 0.341 e. The number of carboxylic acids is 1. The molecule has 0 aromatic heterocycles. The van der Waals surface area contributed by atoms with Gasteiger partial charge < -0.3 is 9.84 Å². The molecule has 1 atom stereocenters. The van der Waals surface area contributed by atoms with Crippen molar-refractivity contribution in [2.75, 3.05) is 13.2 Å². The van der Waals surface area contributed by atoms with Crippen molar-refractivity contribution >= 4 is 21.8 Å². The van der Waals surface area contributed by atoms with Crippen LogP contribution in [-0.2, 0) is 32.6 Å². The number of carboxylic acid groups (broad SMARTS) is 1. The SMILES string of the molecule is CC(=O)C(NS(=O)(=O)c1ccccc1)N1CCc2cc(OCC(=O)O)ccc2C1. The van der Waals surface area contributed by atoms with Gasteiger partial charge in [-0.25, -0.2) is 13.2 Å². The Bertz CT molecular complexity index is 1010. The largest absolute Gasteiger partial charge is 0.482 e. The number of rotatable bonds is 8. The molecule has 0 saturated heterocycles. The molecule has 1 aliphatic rings. The number of carbonyl (C=O) groups is 2. The van der Waals surface area contributed by atoms with Crippen molar-refractivity contribution in [2.24, 2.45) is 0 Å². The van der Waals surface area contributed by atoms with E-state index in [0.717, 1.165) is 11.1 Å². The average molecular weight is 418 g/mol.